The van der Waals surface area contributed by atoms with E-state index in [1.807, 2.05) is 11.9 Å². The van der Waals surface area contributed by atoms with Gasteiger partial charge in [-0.05, 0) is 34.4 Å². The van der Waals surface area contributed by atoms with E-state index < -0.39 is 0 Å². The molecule has 0 amide bonds. The van der Waals surface area contributed by atoms with Crippen LogP contribution in [0.1, 0.15) is 20.3 Å². The van der Waals surface area contributed by atoms with Crippen LogP contribution in [0.4, 0.5) is 0 Å². The Labute approximate surface area is 74.1 Å². The van der Waals surface area contributed by atoms with Crippen molar-refractivity contribution in [3.63, 3.8) is 0 Å². The Hall–Kier alpha value is 0.270. The van der Waals surface area contributed by atoms with E-state index in [4.69, 9.17) is 0 Å². The van der Waals surface area contributed by atoms with Crippen LogP contribution in [0, 0.1) is 0 Å². The van der Waals surface area contributed by atoms with E-state index in [0.29, 0.717) is 0 Å². The van der Waals surface area contributed by atoms with Crippen molar-refractivity contribution in [2.45, 2.75) is 25.9 Å². The summed E-state index contributed by atoms with van der Waals surface area (Å²) in [6, 6.07) is 0. The van der Waals surface area contributed by atoms with E-state index in [9.17, 15) is 0 Å². The predicted octanol–water partition coefficient (Wildman–Crippen LogP) is 1.64. The van der Waals surface area contributed by atoms with E-state index in [2.05, 4.69) is 37.1 Å². The average Bonchev–Trinajstić information content (AvgIpc) is 2.03. The second-order valence-electron chi connectivity index (χ2n) is 3.60. The van der Waals surface area contributed by atoms with Crippen LogP contribution >= 0.6 is 11.9 Å². The van der Waals surface area contributed by atoms with Crippen molar-refractivity contribution in [2.24, 2.45) is 0 Å². The van der Waals surface area contributed by atoms with E-state index in [0.717, 1.165) is 0 Å². The minimum Gasteiger partial charge on any atom is -0.288 e. The molecule has 66 valence electrons. The van der Waals surface area contributed by atoms with Crippen LogP contribution in [0.15, 0.2) is 0 Å². The van der Waals surface area contributed by atoms with Crippen LogP contribution in [0.2, 0.25) is 0 Å². The van der Waals surface area contributed by atoms with Gasteiger partial charge in [-0.3, -0.25) is 4.90 Å². The first kappa shape index (κ1) is 9.36. The standard InChI is InChI=1S/C8H18N2S/c1-8(2)9(3)6-5-7-11-10(8)4/h5-7H2,1-4H3. The summed E-state index contributed by atoms with van der Waals surface area (Å²) in [4.78, 5) is 2.41. The molecule has 1 heterocycles. The van der Waals surface area contributed by atoms with Crippen molar-refractivity contribution in [2.75, 3.05) is 26.4 Å². The SMILES string of the molecule is CN1CCCSN(C)C1(C)C. The molecular weight excluding hydrogens is 156 g/mol. The van der Waals surface area contributed by atoms with Gasteiger partial charge in [-0.15, -0.1) is 0 Å². The molecule has 2 nitrogen and oxygen atoms in total. The molecule has 0 saturated carbocycles. The molecule has 0 aliphatic carbocycles. The smallest absolute Gasteiger partial charge is 0.0771 e. The normalized spacial score (nSPS) is 28.4. The fourth-order valence-electron chi connectivity index (χ4n) is 1.18. The summed E-state index contributed by atoms with van der Waals surface area (Å²) in [5, 5.41) is 0. The quantitative estimate of drug-likeness (QED) is 0.515. The van der Waals surface area contributed by atoms with Crippen LogP contribution in [0.3, 0.4) is 0 Å². The zero-order chi connectivity index (χ0) is 8.48. The maximum atomic E-state index is 2.41. The molecular formula is C8H18N2S. The topological polar surface area (TPSA) is 6.48 Å². The van der Waals surface area contributed by atoms with Crippen LogP contribution < -0.4 is 0 Å². The summed E-state index contributed by atoms with van der Waals surface area (Å²) < 4.78 is 2.35. The molecule has 1 fully saturated rings. The number of nitrogens with zero attached hydrogens (tertiary/aromatic N) is 2. The van der Waals surface area contributed by atoms with Gasteiger partial charge in [0.15, 0.2) is 0 Å². The highest BCUT2D eigenvalue weighted by Gasteiger charge is 2.30. The third kappa shape index (κ3) is 1.89. The summed E-state index contributed by atoms with van der Waals surface area (Å²) in [6.45, 7) is 5.75. The molecule has 1 aliphatic rings. The van der Waals surface area contributed by atoms with Gasteiger partial charge in [0.25, 0.3) is 0 Å². The minimum absolute atomic E-state index is 0.209. The Morgan fingerprint density at radius 2 is 1.91 bits per heavy atom. The Morgan fingerprint density at radius 1 is 1.27 bits per heavy atom. The van der Waals surface area contributed by atoms with Crippen molar-refractivity contribution in [1.82, 2.24) is 9.21 Å². The third-order valence-corrected chi connectivity index (χ3v) is 3.93. The van der Waals surface area contributed by atoms with Gasteiger partial charge in [-0.2, -0.15) is 0 Å². The van der Waals surface area contributed by atoms with Crippen LogP contribution in [0.5, 0.6) is 0 Å². The Morgan fingerprint density at radius 3 is 2.55 bits per heavy atom. The molecule has 0 spiro atoms. The summed E-state index contributed by atoms with van der Waals surface area (Å²) in [5.74, 6) is 1.25. The number of hydrogen-bond acceptors (Lipinski definition) is 3. The first-order valence-corrected chi connectivity index (χ1v) is 5.07. The molecule has 1 aliphatic heterocycles. The summed E-state index contributed by atoms with van der Waals surface area (Å²) in [7, 11) is 4.37. The van der Waals surface area contributed by atoms with E-state index >= 15 is 0 Å². The highest BCUT2D eigenvalue weighted by atomic mass is 32.2. The Kier molecular flexibility index (Phi) is 2.84. The lowest BCUT2D eigenvalue weighted by Crippen LogP contribution is -2.49. The summed E-state index contributed by atoms with van der Waals surface area (Å²) in [5.41, 5.74) is 0.209. The molecule has 0 aromatic heterocycles. The molecule has 11 heavy (non-hydrogen) atoms. The van der Waals surface area contributed by atoms with Crippen molar-refractivity contribution in [3.05, 3.63) is 0 Å². The Balaban J connectivity index is 2.67. The molecule has 0 aromatic rings. The van der Waals surface area contributed by atoms with Crippen molar-refractivity contribution in [3.8, 4) is 0 Å². The number of hydrogen-bond donors (Lipinski definition) is 0. The molecule has 0 atom stereocenters. The van der Waals surface area contributed by atoms with E-state index in [-0.39, 0.29) is 5.66 Å². The molecule has 0 aromatic carbocycles. The molecule has 0 bridgehead atoms. The van der Waals surface area contributed by atoms with Crippen molar-refractivity contribution < 1.29 is 0 Å². The third-order valence-electron chi connectivity index (χ3n) is 2.63. The first-order chi connectivity index (χ1) is 5.05. The average molecular weight is 174 g/mol. The lowest BCUT2D eigenvalue weighted by molar-refractivity contribution is 0.0708. The van der Waals surface area contributed by atoms with Crippen LogP contribution in [-0.4, -0.2) is 41.3 Å². The Bertz CT molecular complexity index is 122. The molecule has 3 heteroatoms. The first-order valence-electron chi connectivity index (χ1n) is 4.13. The van der Waals surface area contributed by atoms with Crippen LogP contribution in [0.25, 0.3) is 0 Å². The van der Waals surface area contributed by atoms with Gasteiger partial charge in [-0.25, -0.2) is 4.31 Å². The van der Waals surface area contributed by atoms with Gasteiger partial charge >= 0.3 is 0 Å². The van der Waals surface area contributed by atoms with Gasteiger partial charge in [0.2, 0.25) is 0 Å². The lowest BCUT2D eigenvalue weighted by Gasteiger charge is -2.39. The van der Waals surface area contributed by atoms with Gasteiger partial charge < -0.3 is 0 Å². The minimum atomic E-state index is 0.209. The van der Waals surface area contributed by atoms with Gasteiger partial charge in [-0.1, -0.05) is 11.9 Å². The van der Waals surface area contributed by atoms with E-state index in [1.165, 1.54) is 18.7 Å². The molecule has 0 radical (unpaired) electrons. The van der Waals surface area contributed by atoms with Gasteiger partial charge in [0.05, 0.1) is 5.66 Å². The summed E-state index contributed by atoms with van der Waals surface area (Å²) >= 11 is 1.94. The fraction of sp³-hybridized carbons (Fsp3) is 1.00. The van der Waals surface area contributed by atoms with Gasteiger partial charge in [0.1, 0.15) is 0 Å². The summed E-state index contributed by atoms with van der Waals surface area (Å²) in [6.07, 6.45) is 1.30. The zero-order valence-electron chi connectivity index (χ0n) is 7.92. The number of rotatable bonds is 0. The highest BCUT2D eigenvalue weighted by Crippen LogP contribution is 2.27. The van der Waals surface area contributed by atoms with E-state index in [1.54, 1.807) is 0 Å². The predicted molar refractivity (Wildman–Crippen MR) is 51.5 cm³/mol. The van der Waals surface area contributed by atoms with Crippen molar-refractivity contribution in [1.29, 1.82) is 0 Å². The monoisotopic (exact) mass is 174 g/mol. The largest absolute Gasteiger partial charge is 0.288 e. The molecule has 0 unspecified atom stereocenters. The van der Waals surface area contributed by atoms with Crippen LogP contribution in [-0.2, 0) is 0 Å². The molecule has 1 saturated heterocycles. The second kappa shape index (κ2) is 3.33. The highest BCUT2D eigenvalue weighted by molar-refractivity contribution is 7.97. The molecule has 0 N–H and O–H groups in total. The lowest BCUT2D eigenvalue weighted by atomic mass is 10.2. The van der Waals surface area contributed by atoms with Crippen molar-refractivity contribution >= 4 is 11.9 Å². The maximum absolute atomic E-state index is 2.41. The molecule has 1 rings (SSSR count). The van der Waals surface area contributed by atoms with Gasteiger partial charge in [0, 0.05) is 12.3 Å². The zero-order valence-corrected chi connectivity index (χ0v) is 8.74. The maximum Gasteiger partial charge on any atom is 0.0771 e. The fourth-order valence-corrected chi connectivity index (χ4v) is 2.16. The second-order valence-corrected chi connectivity index (χ2v) is 4.81.